The van der Waals surface area contributed by atoms with E-state index >= 15 is 0 Å². The van der Waals surface area contributed by atoms with Crippen molar-refractivity contribution < 1.29 is 4.92 Å². The van der Waals surface area contributed by atoms with E-state index in [-0.39, 0.29) is 10.6 Å². The van der Waals surface area contributed by atoms with Crippen LogP contribution >= 0.6 is 0 Å². The number of nitrogens with one attached hydrogen (secondary N) is 1. The number of para-hydroxylation sites is 1. The number of hydrogen-bond acceptors (Lipinski definition) is 4. The molecule has 116 valence electrons. The van der Waals surface area contributed by atoms with Crippen molar-refractivity contribution in [2.24, 2.45) is 5.92 Å². The number of piperidine rings is 1. The van der Waals surface area contributed by atoms with Crippen LogP contribution in [0.3, 0.4) is 0 Å². The first-order valence-electron chi connectivity index (χ1n) is 7.78. The fourth-order valence-electron chi connectivity index (χ4n) is 2.96. The number of likely N-dealkylation sites (tertiary alicyclic amines) is 1. The minimum absolute atomic E-state index is 0.167. The van der Waals surface area contributed by atoms with Crippen LogP contribution < -0.4 is 5.32 Å². The second kappa shape index (κ2) is 7.41. The summed E-state index contributed by atoms with van der Waals surface area (Å²) >= 11 is 0. The fraction of sp³-hybridized carbons (Fsp3) is 0.625. The summed E-state index contributed by atoms with van der Waals surface area (Å²) in [6.45, 7) is 8.31. The predicted octanol–water partition coefficient (Wildman–Crippen LogP) is 3.44. The molecule has 0 bridgehead atoms. The number of nitro groups is 1. The lowest BCUT2D eigenvalue weighted by atomic mass is 10.1. The number of anilines is 1. The van der Waals surface area contributed by atoms with E-state index in [4.69, 9.17) is 0 Å². The third kappa shape index (κ3) is 4.43. The van der Waals surface area contributed by atoms with E-state index in [9.17, 15) is 10.1 Å². The Hall–Kier alpha value is -1.62. The van der Waals surface area contributed by atoms with E-state index in [1.807, 2.05) is 13.0 Å². The smallest absolute Gasteiger partial charge is 0.292 e. The average Bonchev–Trinajstić information content (AvgIpc) is 2.46. The molecular weight excluding hydrogens is 266 g/mol. The fourth-order valence-corrected chi connectivity index (χ4v) is 2.96. The molecule has 1 aromatic carbocycles. The van der Waals surface area contributed by atoms with Gasteiger partial charge >= 0.3 is 0 Å². The summed E-state index contributed by atoms with van der Waals surface area (Å²) in [7, 11) is 0. The van der Waals surface area contributed by atoms with Gasteiger partial charge in [-0.1, -0.05) is 25.5 Å². The molecule has 5 nitrogen and oxygen atoms in total. The maximum Gasteiger partial charge on any atom is 0.292 e. The van der Waals surface area contributed by atoms with E-state index in [2.05, 4.69) is 17.1 Å². The van der Waals surface area contributed by atoms with Gasteiger partial charge in [0.2, 0.25) is 0 Å². The lowest BCUT2D eigenvalue weighted by Gasteiger charge is -2.29. The summed E-state index contributed by atoms with van der Waals surface area (Å²) in [5.74, 6) is 0.474. The summed E-state index contributed by atoms with van der Waals surface area (Å²) in [6.07, 6.45) is 3.94. The zero-order valence-corrected chi connectivity index (χ0v) is 13.0. The van der Waals surface area contributed by atoms with Gasteiger partial charge in [0, 0.05) is 19.2 Å². The molecule has 1 N–H and O–H groups in total. The number of hydrogen-bond donors (Lipinski definition) is 1. The zero-order valence-electron chi connectivity index (χ0n) is 13.0. The van der Waals surface area contributed by atoms with Crippen molar-refractivity contribution in [2.75, 3.05) is 31.5 Å². The minimum atomic E-state index is -0.315. The molecule has 1 unspecified atom stereocenters. The molecule has 0 aliphatic carbocycles. The van der Waals surface area contributed by atoms with E-state index in [0.29, 0.717) is 11.6 Å². The van der Waals surface area contributed by atoms with Gasteiger partial charge in [0.15, 0.2) is 0 Å². The van der Waals surface area contributed by atoms with Crippen LogP contribution in [0.25, 0.3) is 0 Å². The average molecular weight is 291 g/mol. The SMILES string of the molecule is Cc1cccc([N+](=O)[O-])c1NCC(C)CN1CCCCC1. The van der Waals surface area contributed by atoms with Crippen LogP contribution in [0.5, 0.6) is 0 Å². The van der Waals surface area contributed by atoms with Gasteiger partial charge in [-0.05, 0) is 44.3 Å². The molecule has 1 aromatic rings. The molecule has 1 atom stereocenters. The van der Waals surface area contributed by atoms with Gasteiger partial charge < -0.3 is 10.2 Å². The maximum absolute atomic E-state index is 11.1. The van der Waals surface area contributed by atoms with Crippen molar-refractivity contribution in [1.29, 1.82) is 0 Å². The van der Waals surface area contributed by atoms with E-state index in [0.717, 1.165) is 18.7 Å². The maximum atomic E-state index is 11.1. The molecule has 21 heavy (non-hydrogen) atoms. The van der Waals surface area contributed by atoms with Crippen LogP contribution in [-0.2, 0) is 0 Å². The van der Waals surface area contributed by atoms with Crippen LogP contribution in [-0.4, -0.2) is 36.0 Å². The summed E-state index contributed by atoms with van der Waals surface area (Å²) < 4.78 is 0. The van der Waals surface area contributed by atoms with Crippen molar-refractivity contribution in [2.45, 2.75) is 33.1 Å². The third-order valence-corrected chi connectivity index (χ3v) is 4.09. The Kier molecular flexibility index (Phi) is 5.56. The van der Waals surface area contributed by atoms with Gasteiger partial charge in [-0.3, -0.25) is 10.1 Å². The molecule has 1 fully saturated rings. The van der Waals surface area contributed by atoms with Crippen LogP contribution in [0.1, 0.15) is 31.7 Å². The van der Waals surface area contributed by atoms with Crippen molar-refractivity contribution in [3.8, 4) is 0 Å². The molecule has 2 rings (SSSR count). The molecule has 0 saturated carbocycles. The highest BCUT2D eigenvalue weighted by Crippen LogP contribution is 2.27. The number of benzene rings is 1. The topological polar surface area (TPSA) is 58.4 Å². The van der Waals surface area contributed by atoms with Crippen LogP contribution in [0.4, 0.5) is 11.4 Å². The number of rotatable bonds is 6. The van der Waals surface area contributed by atoms with Crippen LogP contribution in [0.2, 0.25) is 0 Å². The zero-order chi connectivity index (χ0) is 15.2. The van der Waals surface area contributed by atoms with Crippen molar-refractivity contribution in [1.82, 2.24) is 4.90 Å². The number of nitrogens with zero attached hydrogens (tertiary/aromatic N) is 2. The Morgan fingerprint density at radius 1 is 1.33 bits per heavy atom. The van der Waals surface area contributed by atoms with Crippen molar-refractivity contribution in [3.05, 3.63) is 33.9 Å². The highest BCUT2D eigenvalue weighted by molar-refractivity contribution is 5.65. The predicted molar refractivity (Wildman–Crippen MR) is 85.8 cm³/mol. The van der Waals surface area contributed by atoms with E-state index in [1.165, 1.54) is 32.4 Å². The molecule has 1 saturated heterocycles. The lowest BCUT2D eigenvalue weighted by molar-refractivity contribution is -0.384. The van der Waals surface area contributed by atoms with E-state index in [1.54, 1.807) is 12.1 Å². The largest absolute Gasteiger partial charge is 0.379 e. The molecule has 1 aliphatic rings. The Labute approximate surface area is 126 Å². The monoisotopic (exact) mass is 291 g/mol. The molecule has 1 aliphatic heterocycles. The number of nitro benzene ring substituents is 1. The third-order valence-electron chi connectivity index (χ3n) is 4.09. The highest BCUT2D eigenvalue weighted by atomic mass is 16.6. The van der Waals surface area contributed by atoms with Gasteiger partial charge in [0.05, 0.1) is 4.92 Å². The van der Waals surface area contributed by atoms with Gasteiger partial charge in [-0.25, -0.2) is 0 Å². The summed E-state index contributed by atoms with van der Waals surface area (Å²) in [4.78, 5) is 13.3. The van der Waals surface area contributed by atoms with Crippen molar-refractivity contribution >= 4 is 11.4 Å². The van der Waals surface area contributed by atoms with Gasteiger partial charge in [-0.15, -0.1) is 0 Å². The van der Waals surface area contributed by atoms with Crippen LogP contribution in [0, 0.1) is 23.0 Å². The van der Waals surface area contributed by atoms with E-state index < -0.39 is 0 Å². The summed E-state index contributed by atoms with van der Waals surface area (Å²) in [5.41, 5.74) is 1.75. The first kappa shape index (κ1) is 15.8. The summed E-state index contributed by atoms with van der Waals surface area (Å²) in [5, 5.41) is 14.4. The lowest BCUT2D eigenvalue weighted by Crippen LogP contribution is -2.35. The van der Waals surface area contributed by atoms with Gasteiger partial charge in [0.25, 0.3) is 5.69 Å². The molecule has 0 amide bonds. The normalized spacial score (nSPS) is 17.4. The quantitative estimate of drug-likeness (QED) is 0.644. The summed E-state index contributed by atoms with van der Waals surface area (Å²) in [6, 6.07) is 5.20. The Balaban J connectivity index is 1.91. The second-order valence-electron chi connectivity index (χ2n) is 6.07. The Bertz CT molecular complexity index is 484. The molecular formula is C16H25N3O2. The molecule has 1 heterocycles. The number of aryl methyl sites for hydroxylation is 1. The van der Waals surface area contributed by atoms with Crippen LogP contribution in [0.15, 0.2) is 18.2 Å². The Morgan fingerprint density at radius 3 is 2.71 bits per heavy atom. The first-order valence-corrected chi connectivity index (χ1v) is 7.78. The minimum Gasteiger partial charge on any atom is -0.379 e. The molecule has 0 radical (unpaired) electrons. The van der Waals surface area contributed by atoms with Gasteiger partial charge in [0.1, 0.15) is 5.69 Å². The van der Waals surface area contributed by atoms with Crippen molar-refractivity contribution in [3.63, 3.8) is 0 Å². The van der Waals surface area contributed by atoms with Gasteiger partial charge in [-0.2, -0.15) is 0 Å². The highest BCUT2D eigenvalue weighted by Gasteiger charge is 2.17. The first-order chi connectivity index (χ1) is 10.1. The second-order valence-corrected chi connectivity index (χ2v) is 6.07. The Morgan fingerprint density at radius 2 is 2.05 bits per heavy atom. The molecule has 0 aromatic heterocycles. The molecule has 0 spiro atoms. The molecule has 5 heteroatoms. The standard InChI is InChI=1S/C16H25N3O2/c1-13(12-18-9-4-3-5-10-18)11-17-16-14(2)7-6-8-15(16)19(20)21/h6-8,13,17H,3-5,9-12H2,1-2H3.